The third-order valence-corrected chi connectivity index (χ3v) is 7.89. The number of fused-ring (bicyclic) bond motifs is 1. The number of rotatable bonds is 3. The highest BCUT2D eigenvalue weighted by Crippen LogP contribution is 2.36. The molecule has 2 aliphatic rings. The predicted octanol–water partition coefficient (Wildman–Crippen LogP) is 3.72. The van der Waals surface area contributed by atoms with E-state index >= 15 is 0 Å². The Hall–Kier alpha value is -1.86. The summed E-state index contributed by atoms with van der Waals surface area (Å²) in [6.45, 7) is 4.12. The monoisotopic (exact) mass is 404 g/mol. The molecule has 0 aliphatic carbocycles. The molecule has 0 radical (unpaired) electrons. The smallest absolute Gasteiger partial charge is 0.164 e. The summed E-state index contributed by atoms with van der Waals surface area (Å²) < 4.78 is 37.4. The van der Waals surface area contributed by atoms with Gasteiger partial charge in [0.25, 0.3) is 0 Å². The van der Waals surface area contributed by atoms with Crippen molar-refractivity contribution in [3.05, 3.63) is 65.0 Å². The van der Waals surface area contributed by atoms with Gasteiger partial charge >= 0.3 is 0 Å². The van der Waals surface area contributed by atoms with Crippen LogP contribution in [0.4, 0.5) is 10.1 Å². The maximum atomic E-state index is 13.1. The summed E-state index contributed by atoms with van der Waals surface area (Å²) in [7, 11) is -3.06. The zero-order valence-corrected chi connectivity index (χ0v) is 16.9. The predicted molar refractivity (Wildman–Crippen MR) is 110 cm³/mol. The van der Waals surface area contributed by atoms with Gasteiger partial charge in [-0.05, 0) is 54.8 Å². The molecule has 2 aromatic carbocycles. The third-order valence-electron chi connectivity index (χ3n) is 5.16. The van der Waals surface area contributed by atoms with Crippen LogP contribution in [-0.4, -0.2) is 37.2 Å². The van der Waals surface area contributed by atoms with Crippen LogP contribution < -0.4 is 4.90 Å². The molecule has 0 aromatic heterocycles. The van der Waals surface area contributed by atoms with Gasteiger partial charge in [-0.25, -0.2) is 12.8 Å². The average Bonchev–Trinajstić information content (AvgIpc) is 3.08. The lowest BCUT2D eigenvalue weighted by Crippen LogP contribution is -2.39. The summed E-state index contributed by atoms with van der Waals surface area (Å²) in [6, 6.07) is 12.3. The van der Waals surface area contributed by atoms with Gasteiger partial charge in [0.1, 0.15) is 5.82 Å². The molecule has 0 bridgehead atoms. The van der Waals surface area contributed by atoms with Gasteiger partial charge in [-0.2, -0.15) is 0 Å². The number of aryl methyl sites for hydroxylation is 2. The van der Waals surface area contributed by atoms with Crippen LogP contribution in [0, 0.1) is 19.7 Å². The zero-order valence-electron chi connectivity index (χ0n) is 15.2. The molecule has 27 heavy (non-hydrogen) atoms. The first-order chi connectivity index (χ1) is 12.8. The molecule has 1 fully saturated rings. The van der Waals surface area contributed by atoms with E-state index in [4.69, 9.17) is 4.99 Å². The number of thioether (sulfide) groups is 1. The zero-order chi connectivity index (χ0) is 19.2. The summed E-state index contributed by atoms with van der Waals surface area (Å²) in [5, 5.41) is 0.840. The van der Waals surface area contributed by atoms with Gasteiger partial charge < -0.3 is 4.90 Å². The summed E-state index contributed by atoms with van der Waals surface area (Å²) in [5.74, 6) is 0.652. The van der Waals surface area contributed by atoms with Crippen LogP contribution in [0.15, 0.2) is 47.5 Å². The number of hydrogen-bond acceptors (Lipinski definition) is 5. The molecule has 142 valence electrons. The molecule has 0 N–H and O–H groups in total. The molecule has 0 unspecified atom stereocenters. The first-order valence-electron chi connectivity index (χ1n) is 8.84. The van der Waals surface area contributed by atoms with Crippen molar-refractivity contribution in [1.82, 2.24) is 0 Å². The third kappa shape index (κ3) is 3.75. The Kier molecular flexibility index (Phi) is 4.76. The van der Waals surface area contributed by atoms with E-state index in [9.17, 15) is 12.8 Å². The maximum absolute atomic E-state index is 13.1. The second-order valence-electron chi connectivity index (χ2n) is 7.18. The number of benzene rings is 2. The minimum absolute atomic E-state index is 0.111. The molecule has 4 rings (SSSR count). The Balaban J connectivity index is 1.63. The van der Waals surface area contributed by atoms with Crippen molar-refractivity contribution in [2.45, 2.75) is 31.7 Å². The molecule has 2 aliphatic heterocycles. The highest BCUT2D eigenvalue weighted by Gasteiger charge is 2.47. The van der Waals surface area contributed by atoms with Gasteiger partial charge in [0.15, 0.2) is 15.0 Å². The Morgan fingerprint density at radius 1 is 1.11 bits per heavy atom. The molecular formula is C20H21FN2O2S2. The van der Waals surface area contributed by atoms with E-state index in [2.05, 4.69) is 30.9 Å². The summed E-state index contributed by atoms with van der Waals surface area (Å²) >= 11 is 1.57. The molecule has 2 aromatic rings. The second kappa shape index (κ2) is 6.95. The van der Waals surface area contributed by atoms with Gasteiger partial charge in [-0.3, -0.25) is 4.99 Å². The van der Waals surface area contributed by atoms with E-state index in [1.165, 1.54) is 23.3 Å². The number of anilines is 1. The number of hydrogen-bond donors (Lipinski definition) is 0. The van der Waals surface area contributed by atoms with Crippen LogP contribution in [0.1, 0.15) is 16.7 Å². The van der Waals surface area contributed by atoms with Crippen LogP contribution >= 0.6 is 11.8 Å². The Bertz CT molecular complexity index is 1000. The lowest BCUT2D eigenvalue weighted by Gasteiger charge is -2.27. The van der Waals surface area contributed by atoms with Crippen molar-refractivity contribution in [2.75, 3.05) is 16.4 Å². The van der Waals surface area contributed by atoms with Gasteiger partial charge in [-0.15, -0.1) is 0 Å². The topological polar surface area (TPSA) is 49.7 Å². The second-order valence-corrected chi connectivity index (χ2v) is 10.3. The highest BCUT2D eigenvalue weighted by molar-refractivity contribution is 8.13. The van der Waals surface area contributed by atoms with E-state index < -0.39 is 9.84 Å². The van der Waals surface area contributed by atoms with Crippen LogP contribution in [0.2, 0.25) is 0 Å². The summed E-state index contributed by atoms with van der Waals surface area (Å²) in [6.07, 6.45) is 0. The molecule has 2 atom stereocenters. The van der Waals surface area contributed by atoms with E-state index in [-0.39, 0.29) is 29.4 Å². The van der Waals surface area contributed by atoms with Crippen molar-refractivity contribution in [1.29, 1.82) is 0 Å². The van der Waals surface area contributed by atoms with Crippen LogP contribution in [-0.2, 0) is 15.6 Å². The maximum Gasteiger partial charge on any atom is 0.164 e. The van der Waals surface area contributed by atoms with Crippen LogP contribution in [0.5, 0.6) is 0 Å². The number of aliphatic imine (C=N–C) groups is 1. The van der Waals surface area contributed by atoms with Crippen molar-refractivity contribution in [2.24, 2.45) is 4.99 Å². The first-order valence-corrected chi connectivity index (χ1v) is 11.6. The number of amidine groups is 1. The summed E-state index contributed by atoms with van der Waals surface area (Å²) in [5.41, 5.74) is 4.35. The highest BCUT2D eigenvalue weighted by atomic mass is 32.2. The SMILES string of the molecule is Cc1ccc(N2C(SCc3ccc(F)cc3)=N[C@@H]3CS(=O)(=O)C[C@H]32)cc1C. The van der Waals surface area contributed by atoms with Gasteiger partial charge in [0, 0.05) is 11.4 Å². The minimum atomic E-state index is -3.06. The lowest BCUT2D eigenvalue weighted by molar-refractivity contribution is 0.601. The van der Waals surface area contributed by atoms with Gasteiger partial charge in [0.2, 0.25) is 0 Å². The molecule has 2 heterocycles. The van der Waals surface area contributed by atoms with Crippen molar-refractivity contribution in [3.63, 3.8) is 0 Å². The van der Waals surface area contributed by atoms with E-state index in [0.29, 0.717) is 5.75 Å². The van der Waals surface area contributed by atoms with Crippen molar-refractivity contribution >= 4 is 32.5 Å². The largest absolute Gasteiger partial charge is 0.315 e. The van der Waals surface area contributed by atoms with E-state index in [1.54, 1.807) is 23.9 Å². The Labute approximate surface area is 163 Å². The Morgan fingerprint density at radius 2 is 1.85 bits per heavy atom. The average molecular weight is 405 g/mol. The van der Waals surface area contributed by atoms with Gasteiger partial charge in [0.05, 0.1) is 23.6 Å². The molecule has 0 amide bonds. The number of sulfone groups is 1. The van der Waals surface area contributed by atoms with Gasteiger partial charge in [-0.1, -0.05) is 30.0 Å². The standard InChI is InChI=1S/C20H21FN2O2S2/c1-13-3-8-17(9-14(13)2)23-19-12-27(24,25)11-18(19)22-20(23)26-10-15-4-6-16(21)7-5-15/h3-9,18-19H,10-12H2,1-2H3/t18-,19-/m1/s1. The van der Waals surface area contributed by atoms with Crippen LogP contribution in [0.3, 0.4) is 0 Å². The molecular weight excluding hydrogens is 383 g/mol. The normalized spacial score (nSPS) is 23.4. The van der Waals surface area contributed by atoms with E-state index in [0.717, 1.165) is 16.4 Å². The fourth-order valence-corrected chi connectivity index (χ4v) is 6.46. The minimum Gasteiger partial charge on any atom is -0.315 e. The van der Waals surface area contributed by atoms with Crippen molar-refractivity contribution < 1.29 is 12.8 Å². The fourth-order valence-electron chi connectivity index (χ4n) is 3.54. The molecule has 7 heteroatoms. The number of nitrogens with zero attached hydrogens (tertiary/aromatic N) is 2. The van der Waals surface area contributed by atoms with Crippen molar-refractivity contribution in [3.8, 4) is 0 Å². The number of halogens is 1. The lowest BCUT2D eigenvalue weighted by atomic mass is 10.1. The van der Waals surface area contributed by atoms with E-state index in [1.807, 2.05) is 6.07 Å². The molecule has 1 saturated heterocycles. The fraction of sp³-hybridized carbons (Fsp3) is 0.350. The molecule has 0 saturated carbocycles. The quantitative estimate of drug-likeness (QED) is 0.782. The summed E-state index contributed by atoms with van der Waals surface area (Å²) in [4.78, 5) is 6.82. The Morgan fingerprint density at radius 3 is 2.56 bits per heavy atom. The molecule has 0 spiro atoms. The van der Waals surface area contributed by atoms with Crippen LogP contribution in [0.25, 0.3) is 0 Å². The molecule has 4 nitrogen and oxygen atoms in total. The first kappa shape index (κ1) is 18.5.